The third-order valence-electron chi connectivity index (χ3n) is 12.1. The molecule has 61 heteroatoms. The average molecular weight is 1680 g/mol. The molecule has 0 aromatic carbocycles. The van der Waals surface area contributed by atoms with Crippen LogP contribution in [0.15, 0.2) is 0 Å². The van der Waals surface area contributed by atoms with Crippen LogP contribution in [0.5, 0.6) is 0 Å². The van der Waals surface area contributed by atoms with Crippen LogP contribution in [0.4, 0.5) is 224 Å². The third-order valence-corrected chi connectivity index (χ3v) is 19.6. The first-order chi connectivity index (χ1) is 41.6. The summed E-state index contributed by atoms with van der Waals surface area (Å²) in [5, 5.41) is 0. The van der Waals surface area contributed by atoms with E-state index in [1.807, 2.05) is 13.8 Å². The van der Waals surface area contributed by atoms with Crippen molar-refractivity contribution in [1.82, 2.24) is 0 Å². The number of hydrogen-bond acceptors (Lipinski definition) is 5. The summed E-state index contributed by atoms with van der Waals surface area (Å²) in [6.07, 6.45) is -31.5. The zero-order valence-electron chi connectivity index (χ0n) is 46.9. The van der Waals surface area contributed by atoms with Crippen LogP contribution in [0.25, 0.3) is 0 Å². The van der Waals surface area contributed by atoms with Gasteiger partial charge in [0.1, 0.15) is 0 Å². The van der Waals surface area contributed by atoms with Gasteiger partial charge in [-0.2, -0.15) is 224 Å². The van der Waals surface area contributed by atoms with E-state index in [2.05, 4.69) is 13.3 Å². The summed E-state index contributed by atoms with van der Waals surface area (Å²) < 4.78 is 678. The van der Waals surface area contributed by atoms with Gasteiger partial charge < -0.3 is 22.9 Å². The Hall–Kier alpha value is -2.54. The molecule has 0 aromatic rings. The summed E-state index contributed by atoms with van der Waals surface area (Å²) in [5.41, 5.74) is 0. The molecule has 0 aliphatic heterocycles. The summed E-state index contributed by atoms with van der Waals surface area (Å²) >= 11 is 10.3. The van der Waals surface area contributed by atoms with Crippen molar-refractivity contribution < 1.29 is 247 Å². The monoisotopic (exact) mass is 1680 g/mol. The Balaban J connectivity index is -0.000000667. The highest BCUT2D eigenvalue weighted by Crippen LogP contribution is 2.69. The van der Waals surface area contributed by atoms with Gasteiger partial charge >= 0.3 is 167 Å². The number of hydrogen-bond donors (Lipinski definition) is 2. The Morgan fingerprint density at radius 1 is 0.235 bits per heavy atom. The minimum absolute atomic E-state index is 0.307. The topological polar surface area (TPSA) is 68.2 Å². The molecule has 0 radical (unpaired) electrons. The van der Waals surface area contributed by atoms with E-state index in [1.165, 1.54) is 0 Å². The Morgan fingerprint density at radius 3 is 0.520 bits per heavy atom. The summed E-state index contributed by atoms with van der Waals surface area (Å²) in [5.74, 6) is -170. The lowest BCUT2D eigenvalue weighted by molar-refractivity contribution is -0.461. The first-order valence-corrected chi connectivity index (χ1v) is 32.4. The van der Waals surface area contributed by atoms with Gasteiger partial charge in [0, 0.05) is 40.6 Å². The molecule has 0 bridgehead atoms. The maximum atomic E-state index is 13.7. The van der Waals surface area contributed by atoms with Crippen molar-refractivity contribution in [3.8, 4) is 0 Å². The lowest BCUT2D eigenvalue weighted by atomic mass is 9.88. The highest BCUT2D eigenvalue weighted by molar-refractivity contribution is 7.42. The molecule has 0 aliphatic carbocycles. The second-order valence-corrected chi connectivity index (χ2v) is 32.0. The zero-order chi connectivity index (χ0) is 81.9. The van der Waals surface area contributed by atoms with E-state index in [1.54, 1.807) is 0 Å². The Kier molecular flexibility index (Phi) is 30.2. The molecule has 0 spiro atoms. The van der Waals surface area contributed by atoms with Crippen molar-refractivity contribution >= 4 is 46.2 Å². The average Bonchev–Trinajstić information content (AvgIpc) is 0.709. The van der Waals surface area contributed by atoms with Gasteiger partial charge in [-0.1, -0.05) is 13.8 Å². The van der Waals surface area contributed by atoms with E-state index in [4.69, 9.17) is 31.7 Å². The van der Waals surface area contributed by atoms with Crippen LogP contribution in [0.2, 0.25) is 31.2 Å². The van der Waals surface area contributed by atoms with Crippen LogP contribution in [0, 0.1) is 0 Å². The van der Waals surface area contributed by atoms with Crippen LogP contribution in [-0.2, 0) is 13.3 Å². The van der Waals surface area contributed by atoms with E-state index in [9.17, 15) is 224 Å². The van der Waals surface area contributed by atoms with Gasteiger partial charge in [0.25, 0.3) is 0 Å². The number of halogens is 53. The fraction of sp³-hybridized carbons (Fsp3) is 1.00. The smallest absolute Gasteiger partial charge is 0.411 e. The summed E-state index contributed by atoms with van der Waals surface area (Å²) in [6.45, 7) is 0.794. The minimum Gasteiger partial charge on any atom is -0.411 e. The van der Waals surface area contributed by atoms with E-state index in [0.717, 1.165) is 20.8 Å². The van der Waals surface area contributed by atoms with Crippen LogP contribution in [-0.4, -0.2) is 198 Å². The molecule has 0 aliphatic rings. The second kappa shape index (κ2) is 29.1. The Morgan fingerprint density at radius 2 is 0.378 bits per heavy atom. The fourth-order valence-electron chi connectivity index (χ4n) is 5.53. The second-order valence-electron chi connectivity index (χ2n) is 19.0. The van der Waals surface area contributed by atoms with Crippen LogP contribution in [0.1, 0.15) is 33.1 Å². The summed E-state index contributed by atoms with van der Waals surface area (Å²) in [7, 11) is -6.53. The number of alkyl halides is 51. The standard InChI is InChI=1S/C13H13F17O2Si.C11H7Cl2F17OSi.C11H9F17O2Si.C2H6/c1-31-33(3,32-2)5-4-6(14,15)7(16,17)8(18,19)9(20,21)10(22,23)11(24,25)12(26,27)13(28,29)30;1-31-32(12,13)3-2-4(14,15)5(16,17)6(18,19)7(20,21)8(22,23)9(24,25)10(26,27)11(28,29)30;1-31(29,30)3-2-4(12,13)5(14,15)6(16,17)7(18,19)8(20,21)9(22,23)10(24,25)11(26,27)28;1-2/h4-5H2,1-3H3;2-3H2,1H3;29-30H,2-3H2,1H3;1-2H3. The van der Waals surface area contributed by atoms with E-state index >= 15 is 0 Å². The van der Waals surface area contributed by atoms with Gasteiger partial charge in [-0.3, -0.25) is 0 Å². The van der Waals surface area contributed by atoms with Crippen molar-refractivity contribution in [1.29, 1.82) is 0 Å². The molecule has 0 saturated heterocycles. The molecule has 0 amide bonds. The molecule has 0 unspecified atom stereocenters. The van der Waals surface area contributed by atoms with Crippen molar-refractivity contribution in [3.05, 3.63) is 0 Å². The molecule has 98 heavy (non-hydrogen) atoms. The third kappa shape index (κ3) is 17.1. The maximum Gasteiger partial charge on any atom is 0.460 e. The normalized spacial score (nSPS) is 16.2. The lowest BCUT2D eigenvalue weighted by Gasteiger charge is -2.43. The van der Waals surface area contributed by atoms with Gasteiger partial charge in [0.15, 0.2) is 0 Å². The van der Waals surface area contributed by atoms with Gasteiger partial charge in [0.2, 0.25) is 0 Å². The Labute approximate surface area is 521 Å². The largest absolute Gasteiger partial charge is 0.460 e. The maximum absolute atomic E-state index is 13.7. The molecule has 0 saturated carbocycles. The SMILES string of the molecule is CC.CO[Si](C)(CCC(F)(F)C(F)(F)C(F)(F)C(F)(F)C(F)(F)C(F)(F)C(F)(F)C(F)(F)F)OC.CO[Si](Cl)(Cl)CCC(F)(F)C(F)(F)C(F)(F)C(F)(F)C(F)(F)C(F)(F)C(F)(F)C(F)(F)F.C[Si](O)(O)CCC(F)(F)C(F)(F)C(F)(F)C(F)(F)C(F)(F)C(F)(F)C(F)(F)C(F)(F)F. The molecular formula is C37H35Cl2F51O5Si3. The first-order valence-electron chi connectivity index (χ1n) is 23.2. The fourth-order valence-corrected chi connectivity index (χ4v) is 9.04. The van der Waals surface area contributed by atoms with Crippen LogP contribution in [0.3, 0.4) is 0 Å². The molecule has 0 fully saturated rings. The molecular weight excluding hydrogens is 1650 g/mol. The van der Waals surface area contributed by atoms with Gasteiger partial charge in [-0.15, -0.1) is 22.2 Å². The van der Waals surface area contributed by atoms with Gasteiger partial charge in [-0.25, -0.2) is 0 Å². The van der Waals surface area contributed by atoms with Gasteiger partial charge in [0.05, 0.1) is 0 Å². The van der Waals surface area contributed by atoms with Crippen molar-refractivity contribution in [2.45, 2.75) is 207 Å². The van der Waals surface area contributed by atoms with Gasteiger partial charge in [-0.05, 0) is 31.2 Å². The number of rotatable bonds is 30. The van der Waals surface area contributed by atoms with Crippen molar-refractivity contribution in [2.75, 3.05) is 21.3 Å². The molecule has 5 nitrogen and oxygen atoms in total. The predicted molar refractivity (Wildman–Crippen MR) is 228 cm³/mol. The van der Waals surface area contributed by atoms with Crippen molar-refractivity contribution in [2.24, 2.45) is 0 Å². The van der Waals surface area contributed by atoms with E-state index in [0.29, 0.717) is 13.7 Å². The predicted octanol–water partition coefficient (Wildman–Crippen LogP) is 20.7. The highest BCUT2D eigenvalue weighted by Gasteiger charge is 2.98. The van der Waals surface area contributed by atoms with Crippen LogP contribution >= 0.6 is 22.2 Å². The summed E-state index contributed by atoms with van der Waals surface area (Å²) in [4.78, 5) is 17.6. The molecule has 596 valence electrons. The minimum atomic E-state index is -8.67. The van der Waals surface area contributed by atoms with E-state index < -0.39 is 204 Å². The first kappa shape index (κ1) is 102. The highest BCUT2D eigenvalue weighted by atomic mass is 35.7. The zero-order valence-corrected chi connectivity index (χ0v) is 51.4. The molecule has 0 aromatic heterocycles. The lowest BCUT2D eigenvalue weighted by Crippen LogP contribution is -2.74. The molecule has 0 heterocycles. The van der Waals surface area contributed by atoms with Crippen molar-refractivity contribution in [3.63, 3.8) is 0 Å². The summed E-state index contributed by atoms with van der Waals surface area (Å²) in [6, 6.07) is -4.96. The molecule has 2 N–H and O–H groups in total. The molecule has 0 rings (SSSR count). The van der Waals surface area contributed by atoms with Crippen LogP contribution < -0.4 is 0 Å². The molecule has 0 atom stereocenters. The van der Waals surface area contributed by atoms with E-state index in [-0.39, 0.29) is 0 Å². The quantitative estimate of drug-likeness (QED) is 0.0426. The Bertz CT molecular complexity index is 2550.